The predicted octanol–water partition coefficient (Wildman–Crippen LogP) is 0.698. The Balaban J connectivity index is 2.85. The third-order valence-electron chi connectivity index (χ3n) is 1.71. The van der Waals surface area contributed by atoms with Gasteiger partial charge in [0.25, 0.3) is 0 Å². The Kier molecular flexibility index (Phi) is 3.40. The van der Waals surface area contributed by atoms with Crippen LogP contribution in [0, 0.1) is 22.7 Å². The van der Waals surface area contributed by atoms with Gasteiger partial charge in [0, 0.05) is 26.0 Å². The summed E-state index contributed by atoms with van der Waals surface area (Å²) in [5.41, 5.74) is 0.285. The van der Waals surface area contributed by atoms with Gasteiger partial charge in [-0.2, -0.15) is 10.5 Å². The Morgan fingerprint density at radius 3 is 2.71 bits per heavy atom. The average Bonchev–Trinajstić information content (AvgIpc) is 2.25. The van der Waals surface area contributed by atoms with Crippen LogP contribution in [0.25, 0.3) is 0 Å². The second kappa shape index (κ2) is 4.78. The molecular formula is C9H9N5. The van der Waals surface area contributed by atoms with Crippen molar-refractivity contribution in [2.75, 3.05) is 18.5 Å². The average molecular weight is 187 g/mol. The summed E-state index contributed by atoms with van der Waals surface area (Å²) in [6, 6.07) is 3.99. The Labute approximate surface area is 82.2 Å². The number of rotatable bonds is 3. The van der Waals surface area contributed by atoms with Crippen molar-refractivity contribution in [2.45, 2.75) is 6.42 Å². The summed E-state index contributed by atoms with van der Waals surface area (Å²) in [6.07, 6.45) is 3.40. The zero-order valence-electron chi connectivity index (χ0n) is 7.80. The number of nitriles is 2. The van der Waals surface area contributed by atoms with Crippen LogP contribution in [0.3, 0.4) is 0 Å². The lowest BCUT2D eigenvalue weighted by Gasteiger charge is -2.16. The molecule has 1 rings (SSSR count). The maximum atomic E-state index is 8.75. The first-order valence-corrected chi connectivity index (χ1v) is 4.08. The van der Waals surface area contributed by atoms with E-state index in [9.17, 15) is 0 Å². The van der Waals surface area contributed by atoms with Crippen LogP contribution in [-0.2, 0) is 0 Å². The van der Waals surface area contributed by atoms with Gasteiger partial charge in [0.1, 0.15) is 6.07 Å². The van der Waals surface area contributed by atoms with E-state index in [1.807, 2.05) is 12.1 Å². The lowest BCUT2D eigenvalue weighted by Crippen LogP contribution is -2.20. The topological polar surface area (TPSA) is 76.6 Å². The fraction of sp³-hybridized carbons (Fsp3) is 0.333. The smallest absolute Gasteiger partial charge is 0.183 e. The zero-order chi connectivity index (χ0) is 10.4. The summed E-state index contributed by atoms with van der Waals surface area (Å²) in [5, 5.41) is 17.2. The van der Waals surface area contributed by atoms with Gasteiger partial charge in [-0.05, 0) is 0 Å². The summed E-state index contributed by atoms with van der Waals surface area (Å²) in [4.78, 5) is 9.66. The minimum Gasteiger partial charge on any atom is -0.356 e. The largest absolute Gasteiger partial charge is 0.356 e. The van der Waals surface area contributed by atoms with Crippen molar-refractivity contribution in [2.24, 2.45) is 0 Å². The van der Waals surface area contributed by atoms with Crippen LogP contribution in [0.5, 0.6) is 0 Å². The van der Waals surface area contributed by atoms with Crippen molar-refractivity contribution < 1.29 is 0 Å². The Morgan fingerprint density at radius 2 is 2.07 bits per heavy atom. The molecule has 0 aliphatic rings. The number of anilines is 1. The molecule has 14 heavy (non-hydrogen) atoms. The summed E-state index contributed by atoms with van der Waals surface area (Å²) in [5.74, 6) is 0.519. The van der Waals surface area contributed by atoms with E-state index in [4.69, 9.17) is 10.5 Å². The molecule has 5 nitrogen and oxygen atoms in total. The highest BCUT2D eigenvalue weighted by molar-refractivity contribution is 5.48. The van der Waals surface area contributed by atoms with Crippen LogP contribution >= 0.6 is 0 Å². The van der Waals surface area contributed by atoms with Crippen LogP contribution in [0.4, 0.5) is 5.82 Å². The third kappa shape index (κ3) is 2.18. The van der Waals surface area contributed by atoms with Crippen LogP contribution < -0.4 is 4.90 Å². The minimum absolute atomic E-state index is 0.285. The molecule has 1 aromatic heterocycles. The summed E-state index contributed by atoms with van der Waals surface area (Å²) < 4.78 is 0. The molecule has 0 bridgehead atoms. The van der Waals surface area contributed by atoms with Crippen molar-refractivity contribution in [3.63, 3.8) is 0 Å². The highest BCUT2D eigenvalue weighted by Gasteiger charge is 2.08. The number of hydrogen-bond donors (Lipinski definition) is 0. The Bertz CT molecular complexity index is 387. The molecule has 0 atom stereocenters. The van der Waals surface area contributed by atoms with E-state index >= 15 is 0 Å². The third-order valence-corrected chi connectivity index (χ3v) is 1.71. The number of nitrogens with zero attached hydrogens (tertiary/aromatic N) is 5. The molecule has 0 unspecified atom stereocenters. The monoisotopic (exact) mass is 187 g/mol. The molecule has 0 aliphatic heterocycles. The molecule has 0 saturated carbocycles. The molecule has 1 heterocycles. The van der Waals surface area contributed by atoms with Crippen LogP contribution in [0.2, 0.25) is 0 Å². The Morgan fingerprint density at radius 1 is 1.36 bits per heavy atom. The number of hydrogen-bond acceptors (Lipinski definition) is 5. The first kappa shape index (κ1) is 9.94. The second-order valence-electron chi connectivity index (χ2n) is 2.67. The van der Waals surface area contributed by atoms with E-state index in [1.54, 1.807) is 11.9 Å². The van der Waals surface area contributed by atoms with Crippen LogP contribution in [0.1, 0.15) is 12.1 Å². The van der Waals surface area contributed by atoms with E-state index in [0.717, 1.165) is 0 Å². The van der Waals surface area contributed by atoms with E-state index in [2.05, 4.69) is 9.97 Å². The molecule has 0 spiro atoms. The second-order valence-corrected chi connectivity index (χ2v) is 2.67. The molecule has 0 fully saturated rings. The van der Waals surface area contributed by atoms with Gasteiger partial charge in [0.2, 0.25) is 0 Å². The van der Waals surface area contributed by atoms with Crippen molar-refractivity contribution in [3.05, 3.63) is 18.1 Å². The zero-order valence-corrected chi connectivity index (χ0v) is 7.80. The van der Waals surface area contributed by atoms with Gasteiger partial charge in [-0.1, -0.05) is 0 Å². The quantitative estimate of drug-likeness (QED) is 0.696. The van der Waals surface area contributed by atoms with Crippen molar-refractivity contribution in [1.29, 1.82) is 10.5 Å². The molecule has 0 saturated heterocycles. The summed E-state index contributed by atoms with van der Waals surface area (Å²) in [7, 11) is 1.78. The van der Waals surface area contributed by atoms with Crippen LogP contribution in [0.15, 0.2) is 12.4 Å². The highest BCUT2D eigenvalue weighted by Crippen LogP contribution is 2.11. The lowest BCUT2D eigenvalue weighted by atomic mass is 10.3. The predicted molar refractivity (Wildman–Crippen MR) is 50.2 cm³/mol. The van der Waals surface area contributed by atoms with Gasteiger partial charge in [0.15, 0.2) is 11.5 Å². The standard InChI is InChI=1S/C9H9N5/c1-14(6-2-3-10)9-8(7-11)12-4-5-13-9/h4-5H,2,6H2,1H3. The molecule has 0 radical (unpaired) electrons. The van der Waals surface area contributed by atoms with Gasteiger partial charge < -0.3 is 4.90 Å². The maximum absolute atomic E-state index is 8.75. The molecular weight excluding hydrogens is 178 g/mol. The lowest BCUT2D eigenvalue weighted by molar-refractivity contribution is 0.874. The molecule has 0 aromatic carbocycles. The molecule has 1 aromatic rings. The number of aromatic nitrogens is 2. The van der Waals surface area contributed by atoms with Gasteiger partial charge >= 0.3 is 0 Å². The molecule has 0 aliphatic carbocycles. The first-order chi connectivity index (χ1) is 6.79. The maximum Gasteiger partial charge on any atom is 0.183 e. The normalized spacial score (nSPS) is 8.79. The van der Waals surface area contributed by atoms with Gasteiger partial charge in [0.05, 0.1) is 12.5 Å². The van der Waals surface area contributed by atoms with Crippen LogP contribution in [-0.4, -0.2) is 23.6 Å². The van der Waals surface area contributed by atoms with E-state index in [-0.39, 0.29) is 5.69 Å². The van der Waals surface area contributed by atoms with E-state index in [1.165, 1.54) is 12.4 Å². The van der Waals surface area contributed by atoms with Gasteiger partial charge in [-0.3, -0.25) is 0 Å². The molecule has 0 amide bonds. The Hall–Kier alpha value is -2.14. The molecule has 70 valence electrons. The highest BCUT2D eigenvalue weighted by atomic mass is 15.2. The van der Waals surface area contributed by atoms with E-state index < -0.39 is 0 Å². The van der Waals surface area contributed by atoms with Gasteiger partial charge in [-0.15, -0.1) is 0 Å². The summed E-state index contributed by atoms with van der Waals surface area (Å²) >= 11 is 0. The SMILES string of the molecule is CN(CCC#N)c1nccnc1C#N. The van der Waals surface area contributed by atoms with Crippen molar-refractivity contribution >= 4 is 5.82 Å². The fourth-order valence-electron chi connectivity index (χ4n) is 1.01. The first-order valence-electron chi connectivity index (χ1n) is 4.08. The fourth-order valence-corrected chi connectivity index (χ4v) is 1.01. The van der Waals surface area contributed by atoms with Crippen molar-refractivity contribution in [1.82, 2.24) is 9.97 Å². The minimum atomic E-state index is 0.285. The summed E-state index contributed by atoms with van der Waals surface area (Å²) in [6.45, 7) is 0.546. The molecule has 0 N–H and O–H groups in total. The van der Waals surface area contributed by atoms with E-state index in [0.29, 0.717) is 18.8 Å². The van der Waals surface area contributed by atoms with Crippen molar-refractivity contribution in [3.8, 4) is 12.1 Å². The molecule has 5 heteroatoms. The van der Waals surface area contributed by atoms with Gasteiger partial charge in [-0.25, -0.2) is 9.97 Å².